The Balaban J connectivity index is 0.00000208. The molecule has 0 bridgehead atoms. The Morgan fingerprint density at radius 3 is 3.00 bits per heavy atom. The van der Waals surface area contributed by atoms with Crippen LogP contribution in [-0.2, 0) is 6.54 Å². The summed E-state index contributed by atoms with van der Waals surface area (Å²) in [5.74, 6) is 0.186. The minimum atomic E-state index is -0.172. The zero-order chi connectivity index (χ0) is 16.2. The fourth-order valence-electron chi connectivity index (χ4n) is 2.54. The first kappa shape index (κ1) is 18.8. The van der Waals surface area contributed by atoms with Crippen LogP contribution >= 0.6 is 23.7 Å². The maximum Gasteiger partial charge on any atom is 0.272 e. The van der Waals surface area contributed by atoms with E-state index >= 15 is 0 Å². The average Bonchev–Trinajstić information content (AvgIpc) is 3.23. The molecule has 1 saturated heterocycles. The summed E-state index contributed by atoms with van der Waals surface area (Å²) in [6, 6.07) is 2.10. The normalized spacial score (nSPS) is 17.5. The van der Waals surface area contributed by atoms with Gasteiger partial charge in [0.15, 0.2) is 0 Å². The second kappa shape index (κ2) is 8.55. The fourth-order valence-corrected chi connectivity index (χ4v) is 3.32. The van der Waals surface area contributed by atoms with Crippen molar-refractivity contribution in [3.8, 4) is 0 Å². The van der Waals surface area contributed by atoms with Gasteiger partial charge in [0.05, 0.1) is 12.6 Å². The van der Waals surface area contributed by atoms with Crippen LogP contribution in [-0.4, -0.2) is 39.0 Å². The molecule has 1 fully saturated rings. The molecule has 1 aliphatic rings. The van der Waals surface area contributed by atoms with Gasteiger partial charge in [0.25, 0.3) is 5.91 Å². The highest BCUT2D eigenvalue weighted by Gasteiger charge is 2.18. The quantitative estimate of drug-likeness (QED) is 0.842. The summed E-state index contributed by atoms with van der Waals surface area (Å²) in [5, 5.41) is 20.7. The van der Waals surface area contributed by atoms with E-state index in [2.05, 4.69) is 39.8 Å². The summed E-state index contributed by atoms with van der Waals surface area (Å²) in [4.78, 5) is 12.2. The Kier molecular flexibility index (Phi) is 6.70. The number of halogens is 1. The van der Waals surface area contributed by atoms with Gasteiger partial charge >= 0.3 is 0 Å². The third kappa shape index (κ3) is 4.52. The summed E-state index contributed by atoms with van der Waals surface area (Å²) in [6.45, 7) is 6.52. The first-order valence-electron chi connectivity index (χ1n) is 8.00. The smallest absolute Gasteiger partial charge is 0.272 e. The van der Waals surface area contributed by atoms with Gasteiger partial charge in [0, 0.05) is 18.7 Å². The molecule has 24 heavy (non-hydrogen) atoms. The lowest BCUT2D eigenvalue weighted by Gasteiger charge is -2.22. The monoisotopic (exact) mass is 370 g/mol. The zero-order valence-electron chi connectivity index (χ0n) is 13.9. The third-order valence-electron chi connectivity index (χ3n) is 3.86. The number of carbonyl (C=O) groups excluding carboxylic acids is 1. The summed E-state index contributed by atoms with van der Waals surface area (Å²) < 4.78 is 1.89. The molecular formula is C15H23ClN6OS. The number of piperidine rings is 1. The molecule has 0 radical (unpaired) electrons. The van der Waals surface area contributed by atoms with Crippen molar-refractivity contribution in [2.45, 2.75) is 45.2 Å². The minimum absolute atomic E-state index is 0. The van der Waals surface area contributed by atoms with E-state index in [9.17, 15) is 4.79 Å². The van der Waals surface area contributed by atoms with Crippen LogP contribution in [0.4, 0.5) is 0 Å². The molecule has 3 rings (SSSR count). The molecule has 1 atom stereocenters. The van der Waals surface area contributed by atoms with Crippen LogP contribution in [0.1, 0.15) is 59.2 Å². The van der Waals surface area contributed by atoms with E-state index in [1.54, 1.807) is 6.07 Å². The Bertz CT molecular complexity index is 664. The number of amides is 1. The lowest BCUT2D eigenvalue weighted by molar-refractivity contribution is 0.0944. The SMILES string of the molecule is CC(C)c1nnc(CNC(=O)c2ccn(C3CCCNC3)n2)s1.Cl. The summed E-state index contributed by atoms with van der Waals surface area (Å²) in [5.41, 5.74) is 0.448. The molecule has 2 aromatic rings. The number of carbonyl (C=O) groups is 1. The number of hydrogen-bond donors (Lipinski definition) is 2. The molecule has 0 aromatic carbocycles. The van der Waals surface area contributed by atoms with Crippen molar-refractivity contribution in [3.05, 3.63) is 28.0 Å². The van der Waals surface area contributed by atoms with Crippen LogP contribution in [0.25, 0.3) is 0 Å². The van der Waals surface area contributed by atoms with Crippen molar-refractivity contribution in [2.24, 2.45) is 0 Å². The van der Waals surface area contributed by atoms with Crippen molar-refractivity contribution in [2.75, 3.05) is 13.1 Å². The van der Waals surface area contributed by atoms with E-state index in [4.69, 9.17) is 0 Å². The highest BCUT2D eigenvalue weighted by Crippen LogP contribution is 2.19. The maximum absolute atomic E-state index is 12.2. The predicted molar refractivity (Wildman–Crippen MR) is 95.8 cm³/mol. The number of nitrogens with one attached hydrogen (secondary N) is 2. The van der Waals surface area contributed by atoms with Gasteiger partial charge in [-0.1, -0.05) is 25.2 Å². The van der Waals surface area contributed by atoms with Gasteiger partial charge in [-0.15, -0.1) is 22.6 Å². The summed E-state index contributed by atoms with van der Waals surface area (Å²) in [6.07, 6.45) is 4.12. The lowest BCUT2D eigenvalue weighted by atomic mass is 10.1. The van der Waals surface area contributed by atoms with Crippen LogP contribution < -0.4 is 10.6 Å². The van der Waals surface area contributed by atoms with Gasteiger partial charge in [-0.05, 0) is 25.5 Å². The number of rotatable bonds is 5. The van der Waals surface area contributed by atoms with Gasteiger partial charge in [-0.3, -0.25) is 9.48 Å². The van der Waals surface area contributed by atoms with Crippen molar-refractivity contribution in [1.82, 2.24) is 30.6 Å². The Morgan fingerprint density at radius 1 is 1.50 bits per heavy atom. The Labute approximate surface area is 151 Å². The molecule has 2 aromatic heterocycles. The molecule has 0 saturated carbocycles. The maximum atomic E-state index is 12.2. The molecule has 1 amide bonds. The van der Waals surface area contributed by atoms with E-state index in [-0.39, 0.29) is 18.3 Å². The second-order valence-corrected chi connectivity index (χ2v) is 7.15. The standard InChI is InChI=1S/C15H22N6OS.ClH/c1-10(2)15-19-18-13(23-15)9-17-14(22)12-5-7-21(20-12)11-4-3-6-16-8-11;/h5,7,10-11,16H,3-4,6,8-9H2,1-2H3,(H,17,22);1H. The van der Waals surface area contributed by atoms with E-state index in [0.29, 0.717) is 24.2 Å². The average molecular weight is 371 g/mol. The molecule has 7 nitrogen and oxygen atoms in total. The molecule has 0 aliphatic carbocycles. The Hall–Kier alpha value is -1.51. The summed E-state index contributed by atoms with van der Waals surface area (Å²) >= 11 is 1.54. The van der Waals surface area contributed by atoms with Crippen LogP contribution in [0, 0.1) is 0 Å². The van der Waals surface area contributed by atoms with Crippen LogP contribution in [0.2, 0.25) is 0 Å². The summed E-state index contributed by atoms with van der Waals surface area (Å²) in [7, 11) is 0. The third-order valence-corrected chi connectivity index (χ3v) is 5.09. The van der Waals surface area contributed by atoms with E-state index in [0.717, 1.165) is 35.9 Å². The van der Waals surface area contributed by atoms with Gasteiger partial charge in [0.2, 0.25) is 0 Å². The predicted octanol–water partition coefficient (Wildman–Crippen LogP) is 2.13. The number of aromatic nitrogens is 4. The topological polar surface area (TPSA) is 84.7 Å². The molecule has 0 spiro atoms. The van der Waals surface area contributed by atoms with Crippen molar-refractivity contribution >= 4 is 29.7 Å². The van der Waals surface area contributed by atoms with E-state index in [1.807, 2.05) is 10.9 Å². The number of nitrogens with zero attached hydrogens (tertiary/aromatic N) is 4. The van der Waals surface area contributed by atoms with Gasteiger partial charge in [0.1, 0.15) is 15.7 Å². The van der Waals surface area contributed by atoms with Gasteiger partial charge < -0.3 is 10.6 Å². The van der Waals surface area contributed by atoms with Gasteiger partial charge in [-0.25, -0.2) is 0 Å². The van der Waals surface area contributed by atoms with Crippen molar-refractivity contribution in [3.63, 3.8) is 0 Å². The largest absolute Gasteiger partial charge is 0.344 e. The van der Waals surface area contributed by atoms with Crippen LogP contribution in [0.5, 0.6) is 0 Å². The molecule has 1 aliphatic heterocycles. The zero-order valence-corrected chi connectivity index (χ0v) is 15.5. The highest BCUT2D eigenvalue weighted by molar-refractivity contribution is 7.11. The first-order valence-corrected chi connectivity index (χ1v) is 8.81. The molecule has 3 heterocycles. The van der Waals surface area contributed by atoms with Gasteiger partial charge in [-0.2, -0.15) is 5.10 Å². The number of hydrogen-bond acceptors (Lipinski definition) is 6. The minimum Gasteiger partial charge on any atom is -0.344 e. The second-order valence-electron chi connectivity index (χ2n) is 6.05. The Morgan fingerprint density at radius 2 is 2.33 bits per heavy atom. The fraction of sp³-hybridized carbons (Fsp3) is 0.600. The molecular weight excluding hydrogens is 348 g/mol. The van der Waals surface area contributed by atoms with Crippen molar-refractivity contribution in [1.29, 1.82) is 0 Å². The lowest BCUT2D eigenvalue weighted by Crippen LogP contribution is -2.32. The first-order chi connectivity index (χ1) is 11.1. The van der Waals surface area contributed by atoms with Crippen LogP contribution in [0.3, 0.4) is 0 Å². The molecule has 132 valence electrons. The molecule has 1 unspecified atom stereocenters. The van der Waals surface area contributed by atoms with E-state index in [1.165, 1.54) is 11.3 Å². The molecule has 9 heteroatoms. The van der Waals surface area contributed by atoms with Crippen molar-refractivity contribution < 1.29 is 4.79 Å². The highest BCUT2D eigenvalue weighted by atomic mass is 35.5. The van der Waals surface area contributed by atoms with E-state index < -0.39 is 0 Å². The van der Waals surface area contributed by atoms with Crippen LogP contribution in [0.15, 0.2) is 12.3 Å². The molecule has 2 N–H and O–H groups in total.